The number of aryl methyl sites for hydroxylation is 1. The maximum absolute atomic E-state index is 11.9. The topological polar surface area (TPSA) is 57.8 Å². The maximum atomic E-state index is 11.9. The van der Waals surface area contributed by atoms with Gasteiger partial charge in [-0.1, -0.05) is 29.8 Å². The van der Waals surface area contributed by atoms with Crippen molar-refractivity contribution in [2.75, 3.05) is 5.32 Å². The molecule has 2 N–H and O–H groups in total. The molecule has 120 valence electrons. The molecule has 0 saturated heterocycles. The number of H-pyrrole nitrogens is 1. The first kappa shape index (κ1) is 15.0. The highest BCUT2D eigenvalue weighted by Crippen LogP contribution is 2.27. The number of carbonyl (C=O) groups excluding carboxylic acids is 1. The summed E-state index contributed by atoms with van der Waals surface area (Å²) in [6.07, 6.45) is 3.37. The van der Waals surface area contributed by atoms with Crippen LogP contribution in [0.5, 0.6) is 0 Å². The molecule has 1 aliphatic rings. The number of nitrogens with zero attached hydrogens (tertiary/aromatic N) is 1. The van der Waals surface area contributed by atoms with Crippen molar-refractivity contribution in [3.63, 3.8) is 0 Å². The van der Waals surface area contributed by atoms with Gasteiger partial charge in [-0.2, -0.15) is 5.10 Å². The van der Waals surface area contributed by atoms with E-state index in [0.717, 1.165) is 40.1 Å². The lowest BCUT2D eigenvalue weighted by atomic mass is 10.1. The summed E-state index contributed by atoms with van der Waals surface area (Å²) < 4.78 is 0. The van der Waals surface area contributed by atoms with Crippen molar-refractivity contribution in [2.24, 2.45) is 0 Å². The first-order valence-electron chi connectivity index (χ1n) is 7.89. The van der Waals surface area contributed by atoms with Gasteiger partial charge in [0.05, 0.1) is 5.69 Å². The molecule has 0 spiro atoms. The van der Waals surface area contributed by atoms with Gasteiger partial charge >= 0.3 is 0 Å². The predicted octanol–water partition coefficient (Wildman–Crippen LogP) is 4.47. The molecule has 2 aromatic carbocycles. The Labute approximate surface area is 144 Å². The third kappa shape index (κ3) is 2.81. The summed E-state index contributed by atoms with van der Waals surface area (Å²) in [5, 5.41) is 11.3. The predicted molar refractivity (Wildman–Crippen MR) is 95.5 cm³/mol. The van der Waals surface area contributed by atoms with Crippen LogP contribution in [0.15, 0.2) is 48.7 Å². The summed E-state index contributed by atoms with van der Waals surface area (Å²) in [6.45, 7) is 0.626. The Kier molecular flexibility index (Phi) is 3.82. The minimum Gasteiger partial charge on any atom is -0.381 e. The van der Waals surface area contributed by atoms with Crippen LogP contribution in [0.1, 0.15) is 27.9 Å². The molecule has 0 aliphatic heterocycles. The van der Waals surface area contributed by atoms with Crippen molar-refractivity contribution in [3.05, 3.63) is 70.4 Å². The van der Waals surface area contributed by atoms with E-state index in [0.29, 0.717) is 18.0 Å². The molecule has 0 atom stereocenters. The Balaban J connectivity index is 1.53. The van der Waals surface area contributed by atoms with Gasteiger partial charge in [-0.25, -0.2) is 0 Å². The number of nitrogens with one attached hydrogen (secondary N) is 2. The fourth-order valence-electron chi connectivity index (χ4n) is 3.05. The second kappa shape index (κ2) is 6.13. The lowest BCUT2D eigenvalue weighted by Crippen LogP contribution is -2.01. The zero-order chi connectivity index (χ0) is 16.5. The fourth-order valence-corrected chi connectivity index (χ4v) is 3.18. The van der Waals surface area contributed by atoms with Gasteiger partial charge in [-0.3, -0.25) is 9.89 Å². The van der Waals surface area contributed by atoms with E-state index in [1.54, 1.807) is 0 Å². The molecule has 0 saturated carbocycles. The van der Waals surface area contributed by atoms with Gasteiger partial charge in [-0.15, -0.1) is 0 Å². The van der Waals surface area contributed by atoms with E-state index in [1.165, 1.54) is 0 Å². The monoisotopic (exact) mass is 337 g/mol. The van der Waals surface area contributed by atoms with Crippen molar-refractivity contribution in [2.45, 2.75) is 19.4 Å². The highest BCUT2D eigenvalue weighted by atomic mass is 35.5. The first-order chi connectivity index (χ1) is 11.7. The highest BCUT2D eigenvalue weighted by molar-refractivity contribution is 6.30. The number of halogens is 1. The zero-order valence-corrected chi connectivity index (χ0v) is 13.7. The summed E-state index contributed by atoms with van der Waals surface area (Å²) in [5.41, 5.74) is 5.93. The number of aromatic amines is 1. The summed E-state index contributed by atoms with van der Waals surface area (Å²) in [5.74, 6) is 0.235. The molecule has 1 aliphatic carbocycles. The molecule has 0 radical (unpaired) electrons. The number of anilines is 1. The van der Waals surface area contributed by atoms with Crippen molar-refractivity contribution >= 4 is 23.1 Å². The third-order valence-electron chi connectivity index (χ3n) is 4.35. The fraction of sp³-hybridized carbons (Fsp3) is 0.158. The Morgan fingerprint density at radius 2 is 1.96 bits per heavy atom. The van der Waals surface area contributed by atoms with Gasteiger partial charge in [0.25, 0.3) is 0 Å². The Bertz CT molecular complexity index is 899. The Morgan fingerprint density at radius 1 is 1.12 bits per heavy atom. The van der Waals surface area contributed by atoms with Crippen LogP contribution in [-0.4, -0.2) is 16.0 Å². The average Bonchev–Trinajstić information content (AvgIpc) is 3.21. The molecule has 5 heteroatoms. The number of rotatable bonds is 4. The molecule has 4 rings (SSSR count). The van der Waals surface area contributed by atoms with E-state index in [9.17, 15) is 4.79 Å². The van der Waals surface area contributed by atoms with Crippen molar-refractivity contribution < 1.29 is 4.79 Å². The van der Waals surface area contributed by atoms with Crippen LogP contribution in [0, 0.1) is 0 Å². The normalized spacial score (nSPS) is 13.1. The molecule has 0 amide bonds. The molecule has 1 aromatic heterocycles. The smallest absolute Gasteiger partial charge is 0.163 e. The van der Waals surface area contributed by atoms with Gasteiger partial charge in [-0.05, 0) is 36.2 Å². The van der Waals surface area contributed by atoms with Gasteiger partial charge in [0.2, 0.25) is 0 Å². The minimum absolute atomic E-state index is 0.235. The van der Waals surface area contributed by atoms with E-state index < -0.39 is 0 Å². The van der Waals surface area contributed by atoms with Crippen LogP contribution in [0.4, 0.5) is 5.69 Å². The number of Topliss-reactive ketones (excluding diaryl/α,β-unsaturated/α-hetero) is 1. The van der Waals surface area contributed by atoms with Crippen LogP contribution in [0.25, 0.3) is 11.3 Å². The van der Waals surface area contributed by atoms with E-state index in [1.807, 2.05) is 48.7 Å². The van der Waals surface area contributed by atoms with Gasteiger partial charge in [0.1, 0.15) is 0 Å². The quantitative estimate of drug-likeness (QED) is 0.738. The van der Waals surface area contributed by atoms with Crippen molar-refractivity contribution in [1.82, 2.24) is 10.2 Å². The Hall–Kier alpha value is -2.59. The molecule has 4 nitrogen and oxygen atoms in total. The Morgan fingerprint density at radius 3 is 2.79 bits per heavy atom. The number of hydrogen-bond donors (Lipinski definition) is 2. The summed E-state index contributed by atoms with van der Waals surface area (Å²) in [6, 6.07) is 13.6. The molecular weight excluding hydrogens is 322 g/mol. The van der Waals surface area contributed by atoms with Gasteiger partial charge in [0, 0.05) is 46.6 Å². The number of aromatic nitrogens is 2. The second-order valence-electron chi connectivity index (χ2n) is 5.91. The molecule has 0 fully saturated rings. The maximum Gasteiger partial charge on any atom is 0.163 e. The van der Waals surface area contributed by atoms with E-state index in [4.69, 9.17) is 11.6 Å². The van der Waals surface area contributed by atoms with Crippen LogP contribution in [0.2, 0.25) is 5.02 Å². The van der Waals surface area contributed by atoms with Gasteiger partial charge < -0.3 is 5.32 Å². The van der Waals surface area contributed by atoms with Gasteiger partial charge in [0.15, 0.2) is 5.78 Å². The zero-order valence-electron chi connectivity index (χ0n) is 13.0. The third-order valence-corrected chi connectivity index (χ3v) is 4.60. The number of benzene rings is 2. The molecule has 0 unspecified atom stereocenters. The number of hydrogen-bond acceptors (Lipinski definition) is 3. The lowest BCUT2D eigenvalue weighted by molar-refractivity contribution is 0.0994. The molecule has 0 bridgehead atoms. The van der Waals surface area contributed by atoms with Crippen LogP contribution in [0.3, 0.4) is 0 Å². The standard InChI is InChI=1S/C19H16ClN3O/c20-15-5-1-13(2-6-15)19-14(11-22-23-19)10-21-16-7-3-12-4-8-18(24)17(12)9-16/h1-3,5-7,9,11,21H,4,8,10H2,(H,22,23). The largest absolute Gasteiger partial charge is 0.381 e. The minimum atomic E-state index is 0.235. The van der Waals surface area contributed by atoms with E-state index in [2.05, 4.69) is 15.5 Å². The van der Waals surface area contributed by atoms with Crippen LogP contribution < -0.4 is 5.32 Å². The number of ketones is 1. The van der Waals surface area contributed by atoms with Crippen LogP contribution >= 0.6 is 11.6 Å². The molecule has 24 heavy (non-hydrogen) atoms. The molecular formula is C19H16ClN3O. The number of fused-ring (bicyclic) bond motifs is 1. The second-order valence-corrected chi connectivity index (χ2v) is 6.35. The number of carbonyl (C=O) groups is 1. The summed E-state index contributed by atoms with van der Waals surface area (Å²) in [7, 11) is 0. The lowest BCUT2D eigenvalue weighted by Gasteiger charge is -2.08. The highest BCUT2D eigenvalue weighted by Gasteiger charge is 2.19. The molecule has 1 heterocycles. The summed E-state index contributed by atoms with van der Waals surface area (Å²) in [4.78, 5) is 11.9. The van der Waals surface area contributed by atoms with E-state index in [-0.39, 0.29) is 5.78 Å². The van der Waals surface area contributed by atoms with Crippen molar-refractivity contribution in [3.8, 4) is 11.3 Å². The van der Waals surface area contributed by atoms with Crippen molar-refractivity contribution in [1.29, 1.82) is 0 Å². The van der Waals surface area contributed by atoms with E-state index >= 15 is 0 Å². The SMILES string of the molecule is O=C1CCc2ccc(NCc3c[nH]nc3-c3ccc(Cl)cc3)cc21. The van der Waals surface area contributed by atoms with Crippen LogP contribution in [-0.2, 0) is 13.0 Å². The first-order valence-corrected chi connectivity index (χ1v) is 8.27. The average molecular weight is 338 g/mol. The molecule has 3 aromatic rings. The summed E-state index contributed by atoms with van der Waals surface area (Å²) >= 11 is 5.94.